The second-order valence-electron chi connectivity index (χ2n) is 4.40. The summed E-state index contributed by atoms with van der Waals surface area (Å²) in [6.07, 6.45) is 1.12. The number of nitrogens with zero attached hydrogens (tertiary/aromatic N) is 1. The van der Waals surface area contributed by atoms with Crippen molar-refractivity contribution in [3.8, 4) is 11.6 Å². The molecule has 0 unspecified atom stereocenters. The van der Waals surface area contributed by atoms with Gasteiger partial charge in [-0.15, -0.1) is 0 Å². The van der Waals surface area contributed by atoms with Gasteiger partial charge in [0.25, 0.3) is 0 Å². The Bertz CT molecular complexity index is 550. The van der Waals surface area contributed by atoms with Crippen LogP contribution in [-0.4, -0.2) is 10.1 Å². The van der Waals surface area contributed by atoms with Crippen LogP contribution in [-0.2, 0) is 0 Å². The molecule has 0 spiro atoms. The van der Waals surface area contributed by atoms with E-state index in [0.29, 0.717) is 5.88 Å². The Balaban J connectivity index is 2.28. The predicted molar refractivity (Wildman–Crippen MR) is 70.9 cm³/mol. The van der Waals surface area contributed by atoms with Gasteiger partial charge in [-0.3, -0.25) is 0 Å². The minimum Gasteiger partial charge on any atom is -0.439 e. The molecule has 3 nitrogen and oxygen atoms in total. The first-order valence-corrected chi connectivity index (χ1v) is 5.96. The number of hydrogen-bond donors (Lipinski definition) is 1. The van der Waals surface area contributed by atoms with Crippen LogP contribution in [0.15, 0.2) is 36.5 Å². The minimum absolute atomic E-state index is 0.502. The lowest BCUT2D eigenvalue weighted by Gasteiger charge is -2.11. The van der Waals surface area contributed by atoms with Crippen LogP contribution in [0.4, 0.5) is 0 Å². The van der Waals surface area contributed by atoms with E-state index >= 15 is 0 Å². The van der Waals surface area contributed by atoms with Gasteiger partial charge in [-0.2, -0.15) is 0 Å². The van der Waals surface area contributed by atoms with E-state index in [2.05, 4.69) is 4.98 Å². The van der Waals surface area contributed by atoms with E-state index in [-0.39, 0.29) is 0 Å². The number of pyridine rings is 1. The zero-order chi connectivity index (χ0) is 13.1. The number of aliphatic hydroxyl groups excluding tert-OH is 1. The largest absolute Gasteiger partial charge is 0.439 e. The maximum absolute atomic E-state index is 9.53. The van der Waals surface area contributed by atoms with Crippen LogP contribution in [0.25, 0.3) is 0 Å². The highest BCUT2D eigenvalue weighted by Gasteiger charge is 2.07. The highest BCUT2D eigenvalue weighted by Crippen LogP contribution is 2.26. The van der Waals surface area contributed by atoms with Crippen molar-refractivity contribution in [2.75, 3.05) is 0 Å². The highest BCUT2D eigenvalue weighted by atomic mass is 16.5. The van der Waals surface area contributed by atoms with Gasteiger partial charge in [0.1, 0.15) is 5.75 Å². The molecular formula is C15H17NO2. The van der Waals surface area contributed by atoms with Crippen molar-refractivity contribution >= 4 is 0 Å². The van der Waals surface area contributed by atoms with E-state index in [9.17, 15) is 5.11 Å². The lowest BCUT2D eigenvalue weighted by molar-refractivity contribution is 0.198. The van der Waals surface area contributed by atoms with Gasteiger partial charge in [0.15, 0.2) is 0 Å². The van der Waals surface area contributed by atoms with E-state index in [1.807, 2.05) is 32.0 Å². The van der Waals surface area contributed by atoms with Gasteiger partial charge >= 0.3 is 0 Å². The summed E-state index contributed by atoms with van der Waals surface area (Å²) in [5.74, 6) is 1.30. The number of aliphatic hydroxyl groups is 1. The lowest BCUT2D eigenvalue weighted by atomic mass is 10.1. The van der Waals surface area contributed by atoms with E-state index in [4.69, 9.17) is 4.74 Å². The molecule has 3 heteroatoms. The van der Waals surface area contributed by atoms with E-state index in [1.54, 1.807) is 25.3 Å². The second kappa shape index (κ2) is 5.19. The molecule has 0 aliphatic heterocycles. The molecule has 18 heavy (non-hydrogen) atoms. The Morgan fingerprint density at radius 1 is 1.22 bits per heavy atom. The fourth-order valence-electron chi connectivity index (χ4n) is 1.69. The van der Waals surface area contributed by atoms with Crippen LogP contribution in [0.2, 0.25) is 0 Å². The summed E-state index contributed by atoms with van der Waals surface area (Å²) in [5.41, 5.74) is 3.08. The highest BCUT2D eigenvalue weighted by molar-refractivity contribution is 5.40. The minimum atomic E-state index is -0.519. The third kappa shape index (κ3) is 2.68. The first-order chi connectivity index (χ1) is 8.58. The SMILES string of the molecule is Cc1cccc(Oc2cc([C@H](C)O)ccn2)c1C. The van der Waals surface area contributed by atoms with Crippen molar-refractivity contribution < 1.29 is 9.84 Å². The average molecular weight is 243 g/mol. The molecule has 0 amide bonds. The summed E-state index contributed by atoms with van der Waals surface area (Å²) < 4.78 is 5.76. The molecule has 1 atom stereocenters. The number of aryl methyl sites for hydroxylation is 1. The van der Waals surface area contributed by atoms with E-state index in [1.165, 1.54) is 5.56 Å². The molecule has 1 N–H and O–H groups in total. The number of aromatic nitrogens is 1. The summed E-state index contributed by atoms with van der Waals surface area (Å²) >= 11 is 0. The molecule has 0 fully saturated rings. The number of rotatable bonds is 3. The zero-order valence-corrected chi connectivity index (χ0v) is 10.8. The van der Waals surface area contributed by atoms with Gasteiger partial charge in [0.2, 0.25) is 5.88 Å². The number of benzene rings is 1. The first kappa shape index (κ1) is 12.6. The van der Waals surface area contributed by atoms with Crippen LogP contribution in [0.1, 0.15) is 29.7 Å². The predicted octanol–water partition coefficient (Wildman–Crippen LogP) is 3.54. The molecule has 1 aromatic heterocycles. The molecule has 0 aliphatic rings. The molecule has 1 aromatic carbocycles. The van der Waals surface area contributed by atoms with Crippen molar-refractivity contribution in [3.05, 3.63) is 53.2 Å². The quantitative estimate of drug-likeness (QED) is 0.896. The Morgan fingerprint density at radius 2 is 2.00 bits per heavy atom. The topological polar surface area (TPSA) is 42.4 Å². The van der Waals surface area contributed by atoms with Crippen molar-refractivity contribution in [2.24, 2.45) is 0 Å². The molecule has 2 aromatic rings. The zero-order valence-electron chi connectivity index (χ0n) is 10.8. The van der Waals surface area contributed by atoms with Crippen molar-refractivity contribution in [2.45, 2.75) is 26.9 Å². The van der Waals surface area contributed by atoms with E-state index in [0.717, 1.165) is 16.9 Å². The molecule has 0 radical (unpaired) electrons. The average Bonchev–Trinajstić information content (AvgIpc) is 2.35. The van der Waals surface area contributed by atoms with Gasteiger partial charge in [-0.05, 0) is 49.6 Å². The van der Waals surface area contributed by atoms with Crippen molar-refractivity contribution in [3.63, 3.8) is 0 Å². The van der Waals surface area contributed by atoms with Crippen LogP contribution >= 0.6 is 0 Å². The molecule has 0 saturated heterocycles. The second-order valence-corrected chi connectivity index (χ2v) is 4.40. The molecule has 94 valence electrons. The van der Waals surface area contributed by atoms with Crippen molar-refractivity contribution in [1.82, 2.24) is 4.98 Å². The van der Waals surface area contributed by atoms with Gasteiger partial charge in [0.05, 0.1) is 6.10 Å². The van der Waals surface area contributed by atoms with Crippen molar-refractivity contribution in [1.29, 1.82) is 0 Å². The number of ether oxygens (including phenoxy) is 1. The Hall–Kier alpha value is -1.87. The molecule has 0 aliphatic carbocycles. The summed E-state index contributed by atoms with van der Waals surface area (Å²) in [5, 5.41) is 9.53. The van der Waals surface area contributed by atoms with Crippen LogP contribution in [0.3, 0.4) is 0 Å². The Labute approximate surface area is 107 Å². The Morgan fingerprint density at radius 3 is 2.72 bits per heavy atom. The van der Waals surface area contributed by atoms with Gasteiger partial charge in [0, 0.05) is 12.3 Å². The van der Waals surface area contributed by atoms with Gasteiger partial charge in [-0.1, -0.05) is 12.1 Å². The lowest BCUT2D eigenvalue weighted by Crippen LogP contribution is -1.95. The first-order valence-electron chi connectivity index (χ1n) is 5.96. The summed E-state index contributed by atoms with van der Waals surface area (Å²) in [4.78, 5) is 4.15. The fourth-order valence-corrected chi connectivity index (χ4v) is 1.69. The smallest absolute Gasteiger partial charge is 0.219 e. The summed E-state index contributed by atoms with van der Waals surface area (Å²) in [6.45, 7) is 5.78. The van der Waals surface area contributed by atoms with Gasteiger partial charge in [-0.25, -0.2) is 4.98 Å². The third-order valence-corrected chi connectivity index (χ3v) is 3.01. The summed E-state index contributed by atoms with van der Waals surface area (Å²) in [7, 11) is 0. The maximum Gasteiger partial charge on any atom is 0.219 e. The Kier molecular flexibility index (Phi) is 3.63. The van der Waals surface area contributed by atoms with E-state index < -0.39 is 6.10 Å². The van der Waals surface area contributed by atoms with Crippen LogP contribution in [0.5, 0.6) is 11.6 Å². The van der Waals surface area contributed by atoms with Crippen LogP contribution < -0.4 is 4.74 Å². The fraction of sp³-hybridized carbons (Fsp3) is 0.267. The molecule has 1 heterocycles. The molecule has 2 rings (SSSR count). The molecule has 0 saturated carbocycles. The molecule has 0 bridgehead atoms. The molecular weight excluding hydrogens is 226 g/mol. The normalized spacial score (nSPS) is 12.2. The van der Waals surface area contributed by atoms with Gasteiger partial charge < -0.3 is 9.84 Å². The third-order valence-electron chi connectivity index (χ3n) is 3.01. The summed E-state index contributed by atoms with van der Waals surface area (Å²) in [6, 6.07) is 9.45. The monoisotopic (exact) mass is 243 g/mol. The maximum atomic E-state index is 9.53. The van der Waals surface area contributed by atoms with Crippen LogP contribution in [0, 0.1) is 13.8 Å². The number of hydrogen-bond acceptors (Lipinski definition) is 3. The standard InChI is InChI=1S/C15H17NO2/c1-10-5-4-6-14(11(10)2)18-15-9-13(12(3)17)7-8-16-15/h4-9,12,17H,1-3H3/t12-/m0/s1.